The van der Waals surface area contributed by atoms with Crippen molar-refractivity contribution in [3.05, 3.63) is 28.8 Å². The molecule has 0 radical (unpaired) electrons. The topological polar surface area (TPSA) is 58.2 Å². The second kappa shape index (κ2) is 5.79. The molecule has 0 spiro atoms. The SMILES string of the molecule is CC(C)NS(=O)(=O)c1cc(CNC2CC2)ccc1Cl. The lowest BCUT2D eigenvalue weighted by molar-refractivity contribution is 0.569. The number of nitrogens with one attached hydrogen (secondary N) is 2. The summed E-state index contributed by atoms with van der Waals surface area (Å²) in [5.74, 6) is 0. The molecule has 0 heterocycles. The van der Waals surface area contributed by atoms with Crippen LogP contribution in [0.15, 0.2) is 23.1 Å². The number of rotatable bonds is 6. The van der Waals surface area contributed by atoms with Gasteiger partial charge in [-0.2, -0.15) is 0 Å². The number of benzene rings is 1. The van der Waals surface area contributed by atoms with Crippen molar-refractivity contribution < 1.29 is 8.42 Å². The number of hydrogen-bond acceptors (Lipinski definition) is 3. The second-order valence-electron chi connectivity index (χ2n) is 5.20. The zero-order valence-electron chi connectivity index (χ0n) is 11.1. The van der Waals surface area contributed by atoms with Crippen LogP contribution in [-0.4, -0.2) is 20.5 Å². The summed E-state index contributed by atoms with van der Waals surface area (Å²) < 4.78 is 26.8. The highest BCUT2D eigenvalue weighted by molar-refractivity contribution is 7.89. The molecular formula is C13H19ClN2O2S. The molecule has 0 atom stereocenters. The lowest BCUT2D eigenvalue weighted by Gasteiger charge is -2.12. The van der Waals surface area contributed by atoms with E-state index in [9.17, 15) is 8.42 Å². The third-order valence-corrected chi connectivity index (χ3v) is 4.99. The van der Waals surface area contributed by atoms with Crippen molar-refractivity contribution in [2.24, 2.45) is 0 Å². The number of hydrogen-bond donors (Lipinski definition) is 2. The minimum absolute atomic E-state index is 0.151. The van der Waals surface area contributed by atoms with Gasteiger partial charge in [-0.1, -0.05) is 17.7 Å². The maximum absolute atomic E-state index is 12.2. The Morgan fingerprint density at radius 2 is 2.05 bits per heavy atom. The third kappa shape index (κ3) is 4.18. The van der Waals surface area contributed by atoms with Gasteiger partial charge >= 0.3 is 0 Å². The Labute approximate surface area is 119 Å². The van der Waals surface area contributed by atoms with Gasteiger partial charge in [0.25, 0.3) is 0 Å². The van der Waals surface area contributed by atoms with Gasteiger partial charge in [-0.25, -0.2) is 13.1 Å². The van der Waals surface area contributed by atoms with Crippen LogP contribution in [0.25, 0.3) is 0 Å². The van der Waals surface area contributed by atoms with Gasteiger partial charge in [0.15, 0.2) is 0 Å². The summed E-state index contributed by atoms with van der Waals surface area (Å²) >= 11 is 6.00. The van der Waals surface area contributed by atoms with Crippen molar-refractivity contribution >= 4 is 21.6 Å². The molecule has 6 heteroatoms. The average Bonchev–Trinajstić information content (AvgIpc) is 3.09. The van der Waals surface area contributed by atoms with Gasteiger partial charge in [0.1, 0.15) is 4.90 Å². The second-order valence-corrected chi connectivity index (χ2v) is 7.29. The van der Waals surface area contributed by atoms with Crippen LogP contribution >= 0.6 is 11.6 Å². The summed E-state index contributed by atoms with van der Waals surface area (Å²) in [6.07, 6.45) is 2.40. The Kier molecular flexibility index (Phi) is 4.50. The standard InChI is InChI=1S/C13H19ClN2O2S/c1-9(2)16-19(17,18)13-7-10(3-6-12(13)14)8-15-11-4-5-11/h3,6-7,9,11,15-16H,4-5,8H2,1-2H3. The molecule has 2 rings (SSSR count). The number of sulfonamides is 1. The molecule has 0 aromatic heterocycles. The molecular weight excluding hydrogens is 284 g/mol. The van der Waals surface area contributed by atoms with Gasteiger partial charge in [-0.15, -0.1) is 0 Å². The Balaban J connectivity index is 2.20. The van der Waals surface area contributed by atoms with E-state index in [0.717, 1.165) is 5.56 Å². The molecule has 0 bridgehead atoms. The van der Waals surface area contributed by atoms with Crippen LogP contribution in [0, 0.1) is 0 Å². The van der Waals surface area contributed by atoms with Gasteiger partial charge in [0, 0.05) is 18.6 Å². The third-order valence-electron chi connectivity index (χ3n) is 2.85. The summed E-state index contributed by atoms with van der Waals surface area (Å²) in [7, 11) is -3.55. The molecule has 1 fully saturated rings. The van der Waals surface area contributed by atoms with Gasteiger partial charge in [0.05, 0.1) is 5.02 Å². The van der Waals surface area contributed by atoms with Crippen LogP contribution in [-0.2, 0) is 16.6 Å². The smallest absolute Gasteiger partial charge is 0.242 e. The Bertz CT molecular complexity index is 554. The van der Waals surface area contributed by atoms with Crippen molar-refractivity contribution in [1.82, 2.24) is 10.0 Å². The first-order chi connectivity index (χ1) is 8.88. The van der Waals surface area contributed by atoms with Crippen LogP contribution in [0.2, 0.25) is 5.02 Å². The Hall–Kier alpha value is -0.620. The lowest BCUT2D eigenvalue weighted by Crippen LogP contribution is -2.30. The molecule has 19 heavy (non-hydrogen) atoms. The van der Waals surface area contributed by atoms with E-state index in [1.165, 1.54) is 12.8 Å². The summed E-state index contributed by atoms with van der Waals surface area (Å²) in [6.45, 7) is 4.24. The zero-order valence-corrected chi connectivity index (χ0v) is 12.7. The summed E-state index contributed by atoms with van der Waals surface area (Å²) in [5, 5.41) is 3.61. The molecule has 0 aliphatic heterocycles. The highest BCUT2D eigenvalue weighted by Crippen LogP contribution is 2.24. The van der Waals surface area contributed by atoms with Crippen molar-refractivity contribution in [2.75, 3.05) is 0 Å². The molecule has 1 aromatic rings. The fourth-order valence-electron chi connectivity index (χ4n) is 1.79. The first kappa shape index (κ1) is 14.8. The first-order valence-electron chi connectivity index (χ1n) is 6.42. The molecule has 1 saturated carbocycles. The highest BCUT2D eigenvalue weighted by atomic mass is 35.5. The summed E-state index contributed by atoms with van der Waals surface area (Å²) in [6, 6.07) is 5.56. The molecule has 0 amide bonds. The van der Waals surface area contributed by atoms with Gasteiger partial charge < -0.3 is 5.32 Å². The predicted octanol–water partition coefficient (Wildman–Crippen LogP) is 2.28. The van der Waals surface area contributed by atoms with Crippen LogP contribution < -0.4 is 10.0 Å². The summed E-state index contributed by atoms with van der Waals surface area (Å²) in [5.41, 5.74) is 0.931. The fraction of sp³-hybridized carbons (Fsp3) is 0.538. The maximum atomic E-state index is 12.2. The molecule has 1 aliphatic rings. The Morgan fingerprint density at radius 1 is 1.37 bits per heavy atom. The minimum atomic E-state index is -3.55. The molecule has 106 valence electrons. The van der Waals surface area contributed by atoms with E-state index in [1.54, 1.807) is 26.0 Å². The van der Waals surface area contributed by atoms with Gasteiger partial charge in [0.2, 0.25) is 10.0 Å². The van der Waals surface area contributed by atoms with Crippen LogP contribution in [0.5, 0.6) is 0 Å². The summed E-state index contributed by atoms with van der Waals surface area (Å²) in [4.78, 5) is 0.151. The van der Waals surface area contributed by atoms with E-state index < -0.39 is 10.0 Å². The predicted molar refractivity (Wildman–Crippen MR) is 76.8 cm³/mol. The first-order valence-corrected chi connectivity index (χ1v) is 8.29. The van der Waals surface area contributed by atoms with E-state index in [2.05, 4.69) is 10.0 Å². The number of halogens is 1. The van der Waals surface area contributed by atoms with E-state index in [-0.39, 0.29) is 16.0 Å². The van der Waals surface area contributed by atoms with Crippen molar-refractivity contribution in [2.45, 2.75) is 50.2 Å². The van der Waals surface area contributed by atoms with E-state index in [4.69, 9.17) is 11.6 Å². The van der Waals surface area contributed by atoms with Gasteiger partial charge in [-0.05, 0) is 44.4 Å². The van der Waals surface area contributed by atoms with Crippen LogP contribution in [0.1, 0.15) is 32.3 Å². The molecule has 4 nitrogen and oxygen atoms in total. The quantitative estimate of drug-likeness (QED) is 0.847. The lowest BCUT2D eigenvalue weighted by atomic mass is 10.2. The van der Waals surface area contributed by atoms with E-state index in [0.29, 0.717) is 12.6 Å². The van der Waals surface area contributed by atoms with Crippen molar-refractivity contribution in [1.29, 1.82) is 0 Å². The van der Waals surface area contributed by atoms with Crippen molar-refractivity contribution in [3.63, 3.8) is 0 Å². The Morgan fingerprint density at radius 3 is 2.63 bits per heavy atom. The monoisotopic (exact) mass is 302 g/mol. The van der Waals surface area contributed by atoms with Crippen LogP contribution in [0.3, 0.4) is 0 Å². The van der Waals surface area contributed by atoms with E-state index in [1.807, 2.05) is 6.07 Å². The zero-order chi connectivity index (χ0) is 14.0. The average molecular weight is 303 g/mol. The molecule has 1 aromatic carbocycles. The normalized spacial score (nSPS) is 16.0. The molecule has 2 N–H and O–H groups in total. The molecule has 0 saturated heterocycles. The molecule has 0 unspecified atom stereocenters. The van der Waals surface area contributed by atoms with Crippen molar-refractivity contribution in [3.8, 4) is 0 Å². The van der Waals surface area contributed by atoms with Crippen LogP contribution in [0.4, 0.5) is 0 Å². The van der Waals surface area contributed by atoms with E-state index >= 15 is 0 Å². The largest absolute Gasteiger partial charge is 0.310 e. The minimum Gasteiger partial charge on any atom is -0.310 e. The highest BCUT2D eigenvalue weighted by Gasteiger charge is 2.22. The maximum Gasteiger partial charge on any atom is 0.242 e. The fourth-order valence-corrected chi connectivity index (χ4v) is 3.59. The van der Waals surface area contributed by atoms with Gasteiger partial charge in [-0.3, -0.25) is 0 Å². The molecule has 1 aliphatic carbocycles.